The number of nitrogens with one attached hydrogen (secondary N) is 1. The molecule has 0 aromatic rings. The van der Waals surface area contributed by atoms with E-state index in [2.05, 4.69) is 10.8 Å². The zero-order valence-electron chi connectivity index (χ0n) is 10.7. The van der Waals surface area contributed by atoms with E-state index in [-0.39, 0.29) is 6.54 Å². The molecule has 0 unspecified atom stereocenters. The molecule has 1 heterocycles. The molecule has 0 aliphatic carbocycles. The monoisotopic (exact) mass is 293 g/mol. The minimum atomic E-state index is -3.44. The number of piperidine rings is 1. The highest BCUT2D eigenvalue weighted by molar-refractivity contribution is 8.00. The van der Waals surface area contributed by atoms with Crippen molar-refractivity contribution in [3.63, 3.8) is 0 Å². The maximum absolute atomic E-state index is 11.9. The van der Waals surface area contributed by atoms with Gasteiger partial charge >= 0.3 is 0 Å². The van der Waals surface area contributed by atoms with Crippen LogP contribution in [0.15, 0.2) is 0 Å². The molecule has 1 N–H and O–H groups in total. The highest BCUT2D eigenvalue weighted by Crippen LogP contribution is 2.34. The highest BCUT2D eigenvalue weighted by atomic mass is 32.2. The first-order valence-corrected chi connectivity index (χ1v) is 8.36. The molecule has 0 amide bonds. The van der Waals surface area contributed by atoms with E-state index in [4.69, 9.17) is 10.00 Å². The molecule has 1 fully saturated rings. The standard InChI is InChI=1S/C10H19N3O3S2/c1-16-8-5-12-18(14,15)13-6-3-10(9-11,17-2)4-7-13/h12H,3-8H2,1-2H3. The van der Waals surface area contributed by atoms with E-state index in [1.165, 1.54) is 23.2 Å². The van der Waals surface area contributed by atoms with Gasteiger partial charge < -0.3 is 4.74 Å². The zero-order chi connectivity index (χ0) is 13.6. The molecule has 104 valence electrons. The van der Waals surface area contributed by atoms with Gasteiger partial charge in [-0.25, -0.2) is 0 Å². The van der Waals surface area contributed by atoms with Gasteiger partial charge in [0.05, 0.1) is 12.7 Å². The Balaban J connectivity index is 2.54. The summed E-state index contributed by atoms with van der Waals surface area (Å²) < 4.78 is 32.1. The molecule has 18 heavy (non-hydrogen) atoms. The maximum Gasteiger partial charge on any atom is 0.279 e. The quantitative estimate of drug-likeness (QED) is 0.707. The Bertz CT molecular complexity index is 397. The molecule has 1 saturated heterocycles. The molecule has 1 rings (SSSR count). The Morgan fingerprint density at radius 3 is 2.56 bits per heavy atom. The number of rotatable bonds is 6. The zero-order valence-corrected chi connectivity index (χ0v) is 12.3. The molecule has 0 atom stereocenters. The second kappa shape index (κ2) is 6.73. The van der Waals surface area contributed by atoms with Crippen molar-refractivity contribution < 1.29 is 13.2 Å². The number of hydrogen-bond acceptors (Lipinski definition) is 5. The summed E-state index contributed by atoms with van der Waals surface area (Å²) in [4.78, 5) is 0. The molecule has 0 bridgehead atoms. The van der Waals surface area contributed by atoms with E-state index in [1.807, 2.05) is 6.26 Å². The van der Waals surface area contributed by atoms with Crippen LogP contribution in [0.2, 0.25) is 0 Å². The third-order valence-corrected chi connectivity index (χ3v) is 5.95. The van der Waals surface area contributed by atoms with E-state index < -0.39 is 15.0 Å². The van der Waals surface area contributed by atoms with Gasteiger partial charge in [0.15, 0.2) is 0 Å². The minimum Gasteiger partial charge on any atom is -0.383 e. The molecule has 1 aliphatic heterocycles. The van der Waals surface area contributed by atoms with Crippen LogP contribution in [0.4, 0.5) is 0 Å². The Morgan fingerprint density at radius 1 is 1.50 bits per heavy atom. The predicted octanol–water partition coefficient (Wildman–Crippen LogP) is 0.188. The molecule has 0 radical (unpaired) electrons. The lowest BCUT2D eigenvalue weighted by molar-refractivity contribution is 0.203. The molecule has 6 nitrogen and oxygen atoms in total. The largest absolute Gasteiger partial charge is 0.383 e. The Morgan fingerprint density at radius 2 is 2.11 bits per heavy atom. The van der Waals surface area contributed by atoms with Gasteiger partial charge in [-0.1, -0.05) is 0 Å². The number of hydrogen-bond donors (Lipinski definition) is 1. The molecule has 0 aromatic carbocycles. The first kappa shape index (κ1) is 15.7. The number of ether oxygens (including phenoxy) is 1. The van der Waals surface area contributed by atoms with Crippen molar-refractivity contribution in [2.24, 2.45) is 0 Å². The van der Waals surface area contributed by atoms with Crippen molar-refractivity contribution >= 4 is 22.0 Å². The average Bonchev–Trinajstić information content (AvgIpc) is 2.39. The summed E-state index contributed by atoms with van der Waals surface area (Å²) in [6.07, 6.45) is 3.02. The highest BCUT2D eigenvalue weighted by Gasteiger charge is 2.37. The summed E-state index contributed by atoms with van der Waals surface area (Å²) >= 11 is 1.50. The lowest BCUT2D eigenvalue weighted by atomic mass is 9.99. The van der Waals surface area contributed by atoms with Gasteiger partial charge in [0.1, 0.15) is 4.75 Å². The van der Waals surface area contributed by atoms with E-state index in [0.29, 0.717) is 32.5 Å². The van der Waals surface area contributed by atoms with Gasteiger partial charge in [-0.05, 0) is 19.1 Å². The van der Waals surface area contributed by atoms with Crippen molar-refractivity contribution in [2.75, 3.05) is 39.6 Å². The van der Waals surface area contributed by atoms with Gasteiger partial charge in [-0.2, -0.15) is 22.7 Å². The van der Waals surface area contributed by atoms with Crippen molar-refractivity contribution in [2.45, 2.75) is 17.6 Å². The normalized spacial score (nSPS) is 20.5. The van der Waals surface area contributed by atoms with E-state index in [0.717, 1.165) is 0 Å². The predicted molar refractivity (Wildman–Crippen MR) is 71.5 cm³/mol. The fourth-order valence-corrected chi connectivity index (χ4v) is 3.68. The van der Waals surface area contributed by atoms with E-state index >= 15 is 0 Å². The Labute approximate surface area is 113 Å². The third-order valence-electron chi connectivity index (χ3n) is 3.06. The summed E-state index contributed by atoms with van der Waals surface area (Å²) in [5.41, 5.74) is 0. The summed E-state index contributed by atoms with van der Waals surface area (Å²) in [6.45, 7) is 1.38. The van der Waals surface area contributed by atoms with Gasteiger partial charge in [0, 0.05) is 26.7 Å². The lowest BCUT2D eigenvalue weighted by Gasteiger charge is -2.35. The Hall–Kier alpha value is -0.330. The molecule has 0 saturated carbocycles. The van der Waals surface area contributed by atoms with Crippen LogP contribution in [0.25, 0.3) is 0 Å². The third kappa shape index (κ3) is 3.83. The van der Waals surface area contributed by atoms with Crippen LogP contribution in [-0.4, -0.2) is 57.1 Å². The summed E-state index contributed by atoms with van der Waals surface area (Å²) in [5.74, 6) is 0. The molecular weight excluding hydrogens is 274 g/mol. The molecule has 1 aliphatic rings. The topological polar surface area (TPSA) is 82.4 Å². The van der Waals surface area contributed by atoms with Gasteiger partial charge in [-0.3, -0.25) is 0 Å². The molecule has 0 spiro atoms. The van der Waals surface area contributed by atoms with Crippen LogP contribution in [0.5, 0.6) is 0 Å². The second-order valence-corrected chi connectivity index (χ2v) is 7.05. The minimum absolute atomic E-state index is 0.265. The van der Waals surface area contributed by atoms with Crippen molar-refractivity contribution in [3.8, 4) is 6.07 Å². The van der Waals surface area contributed by atoms with Gasteiger partial charge in [-0.15, -0.1) is 11.8 Å². The van der Waals surface area contributed by atoms with Crippen molar-refractivity contribution in [1.82, 2.24) is 9.03 Å². The van der Waals surface area contributed by atoms with Crippen LogP contribution >= 0.6 is 11.8 Å². The van der Waals surface area contributed by atoms with Crippen molar-refractivity contribution in [1.29, 1.82) is 5.26 Å². The summed E-state index contributed by atoms with van der Waals surface area (Å²) in [6, 6.07) is 2.29. The SMILES string of the molecule is COCCNS(=O)(=O)N1CCC(C#N)(SC)CC1. The van der Waals surface area contributed by atoms with Gasteiger partial charge in [0.25, 0.3) is 10.2 Å². The average molecular weight is 293 g/mol. The molecule has 0 aromatic heterocycles. The number of thioether (sulfide) groups is 1. The number of methoxy groups -OCH3 is 1. The fraction of sp³-hybridized carbons (Fsp3) is 0.900. The van der Waals surface area contributed by atoms with Crippen molar-refractivity contribution in [3.05, 3.63) is 0 Å². The van der Waals surface area contributed by atoms with E-state index in [9.17, 15) is 8.42 Å². The first-order chi connectivity index (χ1) is 8.49. The smallest absolute Gasteiger partial charge is 0.279 e. The summed E-state index contributed by atoms with van der Waals surface area (Å²) in [7, 11) is -1.91. The lowest BCUT2D eigenvalue weighted by Crippen LogP contribution is -2.49. The molecular formula is C10H19N3O3S2. The van der Waals surface area contributed by atoms with Crippen LogP contribution in [0, 0.1) is 11.3 Å². The number of nitrogens with zero attached hydrogens (tertiary/aromatic N) is 2. The second-order valence-electron chi connectivity index (χ2n) is 4.10. The number of nitriles is 1. The van der Waals surface area contributed by atoms with Crippen LogP contribution in [-0.2, 0) is 14.9 Å². The van der Waals surface area contributed by atoms with Crippen LogP contribution < -0.4 is 4.72 Å². The fourth-order valence-electron chi connectivity index (χ4n) is 1.81. The molecule has 8 heteroatoms. The maximum atomic E-state index is 11.9. The van der Waals surface area contributed by atoms with Crippen LogP contribution in [0.3, 0.4) is 0 Å². The van der Waals surface area contributed by atoms with Crippen LogP contribution in [0.1, 0.15) is 12.8 Å². The Kier molecular flexibility index (Phi) is 5.88. The summed E-state index contributed by atoms with van der Waals surface area (Å²) in [5, 5.41) is 9.13. The first-order valence-electron chi connectivity index (χ1n) is 5.70. The van der Waals surface area contributed by atoms with E-state index in [1.54, 1.807) is 0 Å². The van der Waals surface area contributed by atoms with Gasteiger partial charge in [0.2, 0.25) is 0 Å².